The third kappa shape index (κ3) is 3.96. The molecule has 0 aliphatic carbocycles. The minimum atomic E-state index is -0.355. The lowest BCUT2D eigenvalue weighted by Crippen LogP contribution is -2.40. The Hall–Kier alpha value is -5.88. The molecule has 2 unspecified atom stereocenters. The largest absolute Gasteiger partial charge is 0.268 e. The Morgan fingerprint density at radius 2 is 0.680 bits per heavy atom. The van der Waals surface area contributed by atoms with Gasteiger partial charge in [0.25, 0.3) is 23.6 Å². The van der Waals surface area contributed by atoms with E-state index in [1.165, 1.54) is 9.80 Å². The summed E-state index contributed by atoms with van der Waals surface area (Å²) in [7, 11) is 0. The van der Waals surface area contributed by atoms with Crippen LogP contribution in [0.1, 0.15) is 105 Å². The lowest BCUT2D eigenvalue weighted by molar-refractivity contribution is 0.0877. The van der Waals surface area contributed by atoms with Crippen molar-refractivity contribution in [2.45, 2.75) is 52.4 Å². The van der Waals surface area contributed by atoms with Crippen molar-refractivity contribution in [3.05, 3.63) is 130 Å². The second-order valence-electron chi connectivity index (χ2n) is 13.8. The van der Waals surface area contributed by atoms with Crippen molar-refractivity contribution in [1.82, 2.24) is 0 Å². The van der Waals surface area contributed by atoms with E-state index < -0.39 is 0 Å². The van der Waals surface area contributed by atoms with E-state index in [-0.39, 0.29) is 23.6 Å². The number of hydrogen-bond donors (Lipinski definition) is 0. The highest BCUT2D eigenvalue weighted by molar-refractivity contribution is 6.45. The van der Waals surface area contributed by atoms with Crippen molar-refractivity contribution in [3.63, 3.8) is 0 Å². The summed E-state index contributed by atoms with van der Waals surface area (Å²) in [5, 5.41) is 6.42. The third-order valence-electron chi connectivity index (χ3n) is 11.3. The van der Waals surface area contributed by atoms with Crippen molar-refractivity contribution in [2.24, 2.45) is 0 Å². The molecule has 9 rings (SSSR count). The maximum absolute atomic E-state index is 14.1. The van der Waals surface area contributed by atoms with Crippen molar-refractivity contribution in [2.75, 3.05) is 9.80 Å². The van der Waals surface area contributed by atoms with Crippen LogP contribution >= 0.6 is 0 Å². The van der Waals surface area contributed by atoms with E-state index in [1.54, 1.807) is 0 Å². The molecule has 2 heterocycles. The van der Waals surface area contributed by atoms with Gasteiger partial charge in [0.15, 0.2) is 0 Å². The molecular formula is C44H34N2O4. The van der Waals surface area contributed by atoms with Gasteiger partial charge in [-0.1, -0.05) is 76.2 Å². The summed E-state index contributed by atoms with van der Waals surface area (Å²) in [5.41, 5.74) is 5.31. The molecule has 0 spiro atoms. The fraction of sp³-hybridized carbons (Fsp3) is 0.182. The van der Waals surface area contributed by atoms with Crippen LogP contribution in [0.5, 0.6) is 0 Å². The molecule has 0 saturated carbocycles. The normalized spacial score (nSPS) is 15.7. The van der Waals surface area contributed by atoms with E-state index in [1.807, 2.05) is 97.1 Å². The minimum absolute atomic E-state index is 0.355. The zero-order valence-electron chi connectivity index (χ0n) is 28.3. The first-order valence-electron chi connectivity index (χ1n) is 17.4. The standard InChI is InChI=1S/C44H34N2O4/c1-5-23(3)25-7-11-27(12-8-25)45-41(47)33-19-15-29-31-17-21-35-40-36(44(50)46(43(35)49)28-13-9-26(10-14-28)24(4)6-2)22-18-32(38(31)40)30-16-20-34(42(45)48)39(33)37(29)30/h7-24H,5-6H2,1-4H3. The first-order valence-corrected chi connectivity index (χ1v) is 17.4. The average molecular weight is 655 g/mol. The summed E-state index contributed by atoms with van der Waals surface area (Å²) in [5.74, 6) is -0.661. The third-order valence-corrected chi connectivity index (χ3v) is 11.3. The molecule has 0 saturated heterocycles. The van der Waals surface area contributed by atoms with E-state index >= 15 is 0 Å². The van der Waals surface area contributed by atoms with Gasteiger partial charge in [0.2, 0.25) is 0 Å². The Labute approximate surface area is 289 Å². The van der Waals surface area contributed by atoms with Crippen molar-refractivity contribution in [1.29, 1.82) is 0 Å². The number of hydrogen-bond acceptors (Lipinski definition) is 4. The Bertz CT molecular complexity index is 2320. The molecule has 0 bridgehead atoms. The lowest BCUT2D eigenvalue weighted by Gasteiger charge is -2.30. The Kier molecular flexibility index (Phi) is 6.53. The molecule has 0 N–H and O–H groups in total. The van der Waals surface area contributed by atoms with Crippen LogP contribution in [0.3, 0.4) is 0 Å². The molecule has 7 aromatic carbocycles. The lowest BCUT2D eigenvalue weighted by atomic mass is 9.82. The summed E-state index contributed by atoms with van der Waals surface area (Å²) >= 11 is 0. The SMILES string of the molecule is CCC(C)c1ccc(N2C(=O)c3ccc4c5ccc6c7c(ccc(c8ccc(c3c48)C2=O)c75)C(=O)N(c2ccc(C(C)CC)cc2)C6=O)cc1. The second kappa shape index (κ2) is 10.8. The van der Waals surface area contributed by atoms with Gasteiger partial charge in [-0.15, -0.1) is 0 Å². The van der Waals surface area contributed by atoms with E-state index in [0.29, 0.717) is 56.2 Å². The summed E-state index contributed by atoms with van der Waals surface area (Å²) in [4.78, 5) is 59.0. The molecule has 7 aromatic rings. The molecule has 0 radical (unpaired) electrons. The van der Waals surface area contributed by atoms with Crippen molar-refractivity contribution >= 4 is 78.1 Å². The highest BCUT2D eigenvalue weighted by Crippen LogP contribution is 2.47. The van der Waals surface area contributed by atoms with Gasteiger partial charge in [-0.2, -0.15) is 0 Å². The van der Waals surface area contributed by atoms with Crippen LogP contribution in [-0.4, -0.2) is 23.6 Å². The van der Waals surface area contributed by atoms with E-state index in [2.05, 4.69) is 27.7 Å². The predicted octanol–water partition coefficient (Wildman–Crippen LogP) is 10.4. The van der Waals surface area contributed by atoms with Gasteiger partial charge < -0.3 is 0 Å². The minimum Gasteiger partial charge on any atom is -0.268 e. The Morgan fingerprint density at radius 3 is 0.940 bits per heavy atom. The van der Waals surface area contributed by atoms with Gasteiger partial charge in [-0.05, 0) is 117 Å². The number of nitrogens with zero attached hydrogens (tertiary/aromatic N) is 2. The highest BCUT2D eigenvalue weighted by atomic mass is 16.2. The molecule has 4 amide bonds. The summed E-state index contributed by atoms with van der Waals surface area (Å²) in [6.07, 6.45) is 2.00. The van der Waals surface area contributed by atoms with Gasteiger partial charge in [0, 0.05) is 33.0 Å². The van der Waals surface area contributed by atoms with Gasteiger partial charge in [0.1, 0.15) is 0 Å². The Morgan fingerprint density at radius 1 is 0.400 bits per heavy atom. The second-order valence-corrected chi connectivity index (χ2v) is 13.8. The molecule has 2 aliphatic rings. The zero-order chi connectivity index (χ0) is 34.6. The number of carbonyl (C=O) groups excluding carboxylic acids is 4. The average Bonchev–Trinajstić information content (AvgIpc) is 3.15. The topological polar surface area (TPSA) is 74.8 Å². The molecular weight excluding hydrogens is 620 g/mol. The van der Waals surface area contributed by atoms with Gasteiger partial charge in [-0.25, -0.2) is 9.80 Å². The van der Waals surface area contributed by atoms with Crippen molar-refractivity contribution < 1.29 is 19.2 Å². The van der Waals surface area contributed by atoms with Crippen LogP contribution in [-0.2, 0) is 0 Å². The van der Waals surface area contributed by atoms with Crippen LogP contribution in [0.2, 0.25) is 0 Å². The van der Waals surface area contributed by atoms with E-state index in [0.717, 1.165) is 56.3 Å². The fourth-order valence-corrected chi connectivity index (χ4v) is 8.11. The van der Waals surface area contributed by atoms with Gasteiger partial charge in [-0.3, -0.25) is 19.2 Å². The molecule has 2 atom stereocenters. The molecule has 2 aliphatic heterocycles. The maximum Gasteiger partial charge on any atom is 0.265 e. The number of rotatable bonds is 6. The van der Waals surface area contributed by atoms with Crippen LogP contribution in [0.25, 0.3) is 43.1 Å². The summed E-state index contributed by atoms with van der Waals surface area (Å²) in [6, 6.07) is 30.4. The molecule has 0 aromatic heterocycles. The molecule has 6 nitrogen and oxygen atoms in total. The van der Waals surface area contributed by atoms with Crippen LogP contribution in [0.15, 0.2) is 97.1 Å². The predicted molar refractivity (Wildman–Crippen MR) is 200 cm³/mol. The van der Waals surface area contributed by atoms with Crippen LogP contribution in [0.4, 0.5) is 11.4 Å². The van der Waals surface area contributed by atoms with E-state index in [9.17, 15) is 19.2 Å². The first kappa shape index (κ1) is 30.2. The summed E-state index contributed by atoms with van der Waals surface area (Å²) in [6.45, 7) is 8.59. The van der Waals surface area contributed by atoms with Gasteiger partial charge in [0.05, 0.1) is 11.4 Å². The number of imide groups is 2. The quantitative estimate of drug-likeness (QED) is 0.102. The summed E-state index contributed by atoms with van der Waals surface area (Å²) < 4.78 is 0. The molecule has 244 valence electrons. The zero-order valence-corrected chi connectivity index (χ0v) is 28.3. The number of amides is 4. The smallest absolute Gasteiger partial charge is 0.265 e. The number of carbonyl (C=O) groups is 4. The highest BCUT2D eigenvalue weighted by Gasteiger charge is 2.38. The fourth-order valence-electron chi connectivity index (χ4n) is 8.11. The number of anilines is 2. The monoisotopic (exact) mass is 654 g/mol. The number of benzene rings is 7. The first-order chi connectivity index (χ1) is 24.2. The van der Waals surface area contributed by atoms with E-state index in [4.69, 9.17) is 0 Å². The van der Waals surface area contributed by atoms with Crippen molar-refractivity contribution in [3.8, 4) is 0 Å². The van der Waals surface area contributed by atoms with Crippen LogP contribution in [0, 0.1) is 0 Å². The molecule has 6 heteroatoms. The molecule has 0 fully saturated rings. The number of fused-ring (bicyclic) bond motifs is 2. The molecule has 50 heavy (non-hydrogen) atoms. The van der Waals surface area contributed by atoms with Gasteiger partial charge >= 0.3 is 0 Å². The van der Waals surface area contributed by atoms with Crippen LogP contribution < -0.4 is 9.80 Å². The Balaban J connectivity index is 1.21. The maximum atomic E-state index is 14.1.